The van der Waals surface area contributed by atoms with Crippen molar-refractivity contribution < 1.29 is 9.21 Å². The van der Waals surface area contributed by atoms with E-state index in [0.717, 1.165) is 10.8 Å². The maximum Gasteiger partial charge on any atom is 0.203 e. The van der Waals surface area contributed by atoms with E-state index in [1.54, 1.807) is 12.1 Å². The highest BCUT2D eigenvalue weighted by Crippen LogP contribution is 2.20. The lowest BCUT2D eigenvalue weighted by molar-refractivity contribution is 0.112. The second kappa shape index (κ2) is 3.56. The van der Waals surface area contributed by atoms with Crippen LogP contribution in [0.3, 0.4) is 0 Å². The van der Waals surface area contributed by atoms with Crippen LogP contribution in [0.25, 0.3) is 21.7 Å². The molecule has 0 aliphatic carbocycles. The highest BCUT2D eigenvalue weighted by atomic mass is 16.3. The predicted molar refractivity (Wildman–Crippen MR) is 65.4 cm³/mol. The first-order chi connectivity index (χ1) is 8.29. The van der Waals surface area contributed by atoms with Crippen LogP contribution in [0.2, 0.25) is 0 Å². The Labute approximate surface area is 96.3 Å². The first-order valence-corrected chi connectivity index (χ1v) is 5.19. The summed E-state index contributed by atoms with van der Waals surface area (Å²) in [6.45, 7) is 0. The fourth-order valence-electron chi connectivity index (χ4n) is 1.91. The molecule has 0 saturated heterocycles. The van der Waals surface area contributed by atoms with Gasteiger partial charge in [0.2, 0.25) is 5.43 Å². The molecule has 1 heterocycles. The molecule has 0 fully saturated rings. The van der Waals surface area contributed by atoms with Crippen LogP contribution in [0, 0.1) is 0 Å². The zero-order chi connectivity index (χ0) is 11.8. The van der Waals surface area contributed by atoms with Gasteiger partial charge in [0.1, 0.15) is 11.8 Å². The topological polar surface area (TPSA) is 47.3 Å². The molecule has 3 nitrogen and oxygen atoms in total. The smallest absolute Gasteiger partial charge is 0.203 e. The summed E-state index contributed by atoms with van der Waals surface area (Å²) < 4.78 is 5.29. The molecule has 0 radical (unpaired) electrons. The fraction of sp³-hybridized carbons (Fsp3) is 0. The molecule has 0 spiro atoms. The van der Waals surface area contributed by atoms with Crippen molar-refractivity contribution in [3.8, 4) is 0 Å². The van der Waals surface area contributed by atoms with E-state index in [4.69, 9.17) is 4.42 Å². The van der Waals surface area contributed by atoms with E-state index in [0.29, 0.717) is 17.3 Å². The van der Waals surface area contributed by atoms with Gasteiger partial charge < -0.3 is 4.42 Å². The normalized spacial score (nSPS) is 10.8. The summed E-state index contributed by atoms with van der Waals surface area (Å²) in [6, 6.07) is 11.2. The Bertz CT molecular complexity index is 784. The number of carbonyl (C=O) groups is 1. The maximum absolute atomic E-state index is 11.9. The first-order valence-electron chi connectivity index (χ1n) is 5.19. The second-order valence-corrected chi connectivity index (χ2v) is 3.83. The molecule has 0 unspecified atom stereocenters. The van der Waals surface area contributed by atoms with Crippen molar-refractivity contribution in [2.45, 2.75) is 0 Å². The maximum atomic E-state index is 11.9. The van der Waals surface area contributed by atoms with Gasteiger partial charge in [-0.1, -0.05) is 24.3 Å². The minimum absolute atomic E-state index is 0.0489. The Balaban J connectivity index is 2.52. The molecule has 2 aromatic carbocycles. The number of rotatable bonds is 1. The summed E-state index contributed by atoms with van der Waals surface area (Å²) in [5, 5.41) is 2.39. The monoisotopic (exact) mass is 224 g/mol. The van der Waals surface area contributed by atoms with Crippen molar-refractivity contribution >= 4 is 28.0 Å². The third kappa shape index (κ3) is 1.44. The molecule has 0 bridgehead atoms. The van der Waals surface area contributed by atoms with Gasteiger partial charge in [-0.25, -0.2) is 0 Å². The Hall–Kier alpha value is -2.42. The summed E-state index contributed by atoms with van der Waals surface area (Å²) >= 11 is 0. The van der Waals surface area contributed by atoms with E-state index in [2.05, 4.69) is 0 Å². The number of aldehydes is 1. The number of hydrogen-bond donors (Lipinski definition) is 0. The quantitative estimate of drug-likeness (QED) is 0.471. The highest BCUT2D eigenvalue weighted by Gasteiger charge is 2.07. The molecule has 0 aliphatic rings. The van der Waals surface area contributed by atoms with Crippen LogP contribution in [0.1, 0.15) is 10.4 Å². The molecule has 0 atom stereocenters. The van der Waals surface area contributed by atoms with E-state index in [9.17, 15) is 9.59 Å². The van der Waals surface area contributed by atoms with Gasteiger partial charge in [-0.3, -0.25) is 9.59 Å². The summed E-state index contributed by atoms with van der Waals surface area (Å²) in [5.74, 6) is 0. The lowest BCUT2D eigenvalue weighted by Gasteiger charge is -2.01. The average Bonchev–Trinajstić information content (AvgIpc) is 2.37. The number of benzene rings is 2. The van der Waals surface area contributed by atoms with Crippen molar-refractivity contribution in [2.75, 3.05) is 0 Å². The first kappa shape index (κ1) is 9.78. The zero-order valence-corrected chi connectivity index (χ0v) is 8.84. The third-order valence-corrected chi connectivity index (χ3v) is 2.79. The Morgan fingerprint density at radius 3 is 2.47 bits per heavy atom. The van der Waals surface area contributed by atoms with Gasteiger partial charge in [0.15, 0.2) is 6.29 Å². The molecule has 3 heteroatoms. The molecule has 0 aliphatic heterocycles. The fourth-order valence-corrected chi connectivity index (χ4v) is 1.91. The van der Waals surface area contributed by atoms with Crippen LogP contribution in [0.15, 0.2) is 51.9 Å². The van der Waals surface area contributed by atoms with E-state index in [1.807, 2.05) is 24.3 Å². The highest BCUT2D eigenvalue weighted by molar-refractivity contribution is 5.96. The summed E-state index contributed by atoms with van der Waals surface area (Å²) in [6.07, 6.45) is 1.72. The minimum atomic E-state index is -0.285. The average molecular weight is 224 g/mol. The molecular weight excluding hydrogens is 216 g/mol. The van der Waals surface area contributed by atoms with Crippen molar-refractivity contribution in [3.63, 3.8) is 0 Å². The summed E-state index contributed by atoms with van der Waals surface area (Å²) in [4.78, 5) is 22.6. The van der Waals surface area contributed by atoms with Gasteiger partial charge in [-0.15, -0.1) is 0 Å². The van der Waals surface area contributed by atoms with Crippen molar-refractivity contribution in [1.82, 2.24) is 0 Å². The number of hydrogen-bond acceptors (Lipinski definition) is 3. The number of fused-ring (bicyclic) bond motifs is 2. The lowest BCUT2D eigenvalue weighted by Crippen LogP contribution is -2.07. The SMILES string of the molecule is O=Cc1coc2cc3ccccc3cc2c1=O. The summed E-state index contributed by atoms with van der Waals surface area (Å²) in [5.41, 5.74) is 0.263. The Kier molecular flexibility index (Phi) is 2.05. The molecule has 17 heavy (non-hydrogen) atoms. The van der Waals surface area contributed by atoms with E-state index in [1.165, 1.54) is 6.26 Å². The van der Waals surface area contributed by atoms with E-state index in [-0.39, 0.29) is 11.0 Å². The predicted octanol–water partition coefficient (Wildman–Crippen LogP) is 2.76. The molecule has 3 aromatic rings. The van der Waals surface area contributed by atoms with Crippen molar-refractivity contribution in [2.24, 2.45) is 0 Å². The molecule has 0 amide bonds. The second-order valence-electron chi connectivity index (χ2n) is 3.83. The van der Waals surface area contributed by atoms with Gasteiger partial charge >= 0.3 is 0 Å². The van der Waals surface area contributed by atoms with E-state index < -0.39 is 0 Å². The van der Waals surface area contributed by atoms with E-state index >= 15 is 0 Å². The van der Waals surface area contributed by atoms with Gasteiger partial charge in [0, 0.05) is 0 Å². The van der Waals surface area contributed by atoms with Crippen LogP contribution in [0.4, 0.5) is 0 Å². The van der Waals surface area contributed by atoms with Crippen LogP contribution in [-0.4, -0.2) is 6.29 Å². The van der Waals surface area contributed by atoms with Gasteiger partial charge in [-0.2, -0.15) is 0 Å². The minimum Gasteiger partial charge on any atom is -0.463 e. The number of carbonyl (C=O) groups excluding carboxylic acids is 1. The van der Waals surface area contributed by atoms with Crippen LogP contribution < -0.4 is 5.43 Å². The molecular formula is C14H8O3. The van der Waals surface area contributed by atoms with Crippen molar-refractivity contribution in [1.29, 1.82) is 0 Å². The Morgan fingerprint density at radius 1 is 1.06 bits per heavy atom. The van der Waals surface area contributed by atoms with Gasteiger partial charge in [0.05, 0.1) is 10.9 Å². The lowest BCUT2D eigenvalue weighted by atomic mass is 10.1. The van der Waals surface area contributed by atoms with Crippen LogP contribution >= 0.6 is 0 Å². The standard InChI is InChI=1S/C14H8O3/c15-7-11-8-17-13-6-10-4-2-1-3-9(10)5-12(13)14(11)16/h1-8H. The van der Waals surface area contributed by atoms with Crippen molar-refractivity contribution in [3.05, 3.63) is 58.4 Å². The molecule has 82 valence electrons. The van der Waals surface area contributed by atoms with Crippen LogP contribution in [-0.2, 0) is 0 Å². The molecule has 0 N–H and O–H groups in total. The van der Waals surface area contributed by atoms with Crippen LogP contribution in [0.5, 0.6) is 0 Å². The Morgan fingerprint density at radius 2 is 1.76 bits per heavy atom. The van der Waals surface area contributed by atoms with Gasteiger partial charge in [0.25, 0.3) is 0 Å². The molecule has 0 saturated carbocycles. The molecule has 1 aromatic heterocycles. The summed E-state index contributed by atoms with van der Waals surface area (Å²) in [7, 11) is 0. The molecule has 3 rings (SSSR count). The zero-order valence-electron chi connectivity index (χ0n) is 8.84. The van der Waals surface area contributed by atoms with Gasteiger partial charge in [-0.05, 0) is 22.9 Å². The third-order valence-electron chi connectivity index (χ3n) is 2.79. The largest absolute Gasteiger partial charge is 0.463 e.